The number of likely N-dealkylation sites (tertiary alicyclic amines) is 1. The van der Waals surface area contributed by atoms with Crippen LogP contribution in [0.4, 0.5) is 5.69 Å². The fourth-order valence-electron chi connectivity index (χ4n) is 6.45. The summed E-state index contributed by atoms with van der Waals surface area (Å²) in [5, 5.41) is 15.0. The van der Waals surface area contributed by atoms with Gasteiger partial charge in [-0.25, -0.2) is 0 Å². The molecule has 0 unspecified atom stereocenters. The number of fused-ring (bicyclic) bond motifs is 1. The van der Waals surface area contributed by atoms with Crippen molar-refractivity contribution >= 4 is 16.7 Å². The quantitative estimate of drug-likeness (QED) is 0.410. The molecule has 0 radical (unpaired) electrons. The topological polar surface area (TPSA) is 69.1 Å². The first-order valence-corrected chi connectivity index (χ1v) is 14.0. The summed E-state index contributed by atoms with van der Waals surface area (Å²) in [5.74, 6) is 0. The van der Waals surface area contributed by atoms with Gasteiger partial charge >= 0.3 is 0 Å². The van der Waals surface area contributed by atoms with Crippen molar-refractivity contribution in [1.82, 2.24) is 34.8 Å². The second-order valence-corrected chi connectivity index (χ2v) is 11.6. The molecular formula is C30H40N8. The Bertz CT molecular complexity index is 1390. The van der Waals surface area contributed by atoms with Crippen LogP contribution in [0.15, 0.2) is 36.8 Å². The van der Waals surface area contributed by atoms with Gasteiger partial charge in [0.15, 0.2) is 5.65 Å². The average molecular weight is 513 g/mol. The predicted octanol–water partition coefficient (Wildman–Crippen LogP) is 4.90. The van der Waals surface area contributed by atoms with E-state index in [4.69, 9.17) is 5.10 Å². The molecular weight excluding hydrogens is 472 g/mol. The highest BCUT2D eigenvalue weighted by Crippen LogP contribution is 2.35. The fourth-order valence-corrected chi connectivity index (χ4v) is 6.45. The zero-order chi connectivity index (χ0) is 26.4. The van der Waals surface area contributed by atoms with Crippen molar-refractivity contribution in [3.8, 4) is 22.4 Å². The van der Waals surface area contributed by atoms with Gasteiger partial charge in [0.05, 0.1) is 17.9 Å². The van der Waals surface area contributed by atoms with Gasteiger partial charge in [-0.15, -0.1) is 10.2 Å². The van der Waals surface area contributed by atoms with E-state index in [-0.39, 0.29) is 0 Å². The largest absolute Gasteiger partial charge is 0.371 e. The van der Waals surface area contributed by atoms with Crippen LogP contribution in [0.3, 0.4) is 0 Å². The number of H-pyrrole nitrogens is 1. The van der Waals surface area contributed by atoms with E-state index in [0.717, 1.165) is 72.4 Å². The number of benzene rings is 1. The lowest BCUT2D eigenvalue weighted by Gasteiger charge is -2.38. The number of aromatic amines is 1. The van der Waals surface area contributed by atoms with Crippen LogP contribution in [0.1, 0.15) is 42.9 Å². The Kier molecular flexibility index (Phi) is 6.70. The number of aryl methyl sites for hydroxylation is 2. The molecule has 5 heterocycles. The van der Waals surface area contributed by atoms with Gasteiger partial charge in [-0.05, 0) is 103 Å². The molecule has 0 amide bonds. The third kappa shape index (κ3) is 4.71. The minimum atomic E-state index is 0.471. The van der Waals surface area contributed by atoms with Gasteiger partial charge in [0.2, 0.25) is 0 Å². The normalized spacial score (nSPS) is 18.2. The highest BCUT2D eigenvalue weighted by atomic mass is 15.3. The third-order valence-electron chi connectivity index (χ3n) is 8.71. The minimum Gasteiger partial charge on any atom is -0.371 e. The number of rotatable bonds is 5. The lowest BCUT2D eigenvalue weighted by molar-refractivity contribution is 0.212. The lowest BCUT2D eigenvalue weighted by Crippen LogP contribution is -2.42. The van der Waals surface area contributed by atoms with Crippen LogP contribution in [-0.4, -0.2) is 88.1 Å². The molecule has 0 saturated carbocycles. The molecule has 3 aromatic heterocycles. The van der Waals surface area contributed by atoms with E-state index < -0.39 is 0 Å². The van der Waals surface area contributed by atoms with Crippen LogP contribution in [0, 0.1) is 13.8 Å². The first-order chi connectivity index (χ1) is 18.4. The number of hydrogen-bond acceptors (Lipinski definition) is 6. The second kappa shape index (κ2) is 10.2. The Morgan fingerprint density at radius 3 is 2.29 bits per heavy atom. The van der Waals surface area contributed by atoms with Crippen molar-refractivity contribution in [2.75, 3.05) is 52.2 Å². The van der Waals surface area contributed by atoms with Crippen LogP contribution in [-0.2, 0) is 0 Å². The summed E-state index contributed by atoms with van der Waals surface area (Å²) in [6.45, 7) is 8.92. The zero-order valence-electron chi connectivity index (χ0n) is 23.4. The first-order valence-electron chi connectivity index (χ1n) is 14.0. The first kappa shape index (κ1) is 25.1. The molecule has 6 rings (SSSR count). The molecule has 2 aliphatic rings. The molecule has 2 saturated heterocycles. The number of piperidine rings is 2. The van der Waals surface area contributed by atoms with Crippen LogP contribution >= 0.6 is 0 Å². The predicted molar refractivity (Wildman–Crippen MR) is 155 cm³/mol. The maximum Gasteiger partial charge on any atom is 0.160 e. The van der Waals surface area contributed by atoms with E-state index in [2.05, 4.69) is 93.9 Å². The summed E-state index contributed by atoms with van der Waals surface area (Å²) in [6, 6.07) is 7.89. The Labute approximate surface area is 225 Å². The van der Waals surface area contributed by atoms with Crippen LogP contribution in [0.5, 0.6) is 0 Å². The monoisotopic (exact) mass is 512 g/mol. The lowest BCUT2D eigenvalue weighted by atomic mass is 9.97. The molecule has 1 aromatic carbocycles. The highest BCUT2D eigenvalue weighted by Gasteiger charge is 2.24. The smallest absolute Gasteiger partial charge is 0.160 e. The van der Waals surface area contributed by atoms with Crippen molar-refractivity contribution in [2.24, 2.45) is 0 Å². The molecule has 2 aliphatic heterocycles. The Balaban J connectivity index is 1.27. The molecule has 200 valence electrons. The summed E-state index contributed by atoms with van der Waals surface area (Å²) in [4.78, 5) is 10.6. The third-order valence-corrected chi connectivity index (χ3v) is 8.71. The molecule has 4 aromatic rings. The van der Waals surface area contributed by atoms with Crippen molar-refractivity contribution in [3.63, 3.8) is 0 Å². The van der Waals surface area contributed by atoms with Gasteiger partial charge < -0.3 is 19.7 Å². The molecule has 38 heavy (non-hydrogen) atoms. The highest BCUT2D eigenvalue weighted by molar-refractivity contribution is 5.95. The van der Waals surface area contributed by atoms with Gasteiger partial charge in [-0.2, -0.15) is 5.10 Å². The molecule has 0 aliphatic carbocycles. The van der Waals surface area contributed by atoms with Crippen LogP contribution < -0.4 is 4.90 Å². The van der Waals surface area contributed by atoms with Gasteiger partial charge in [-0.3, -0.25) is 4.68 Å². The fraction of sp³-hybridized carbons (Fsp3) is 0.500. The van der Waals surface area contributed by atoms with Gasteiger partial charge in [0, 0.05) is 59.3 Å². The second-order valence-electron chi connectivity index (χ2n) is 11.6. The summed E-state index contributed by atoms with van der Waals surface area (Å²) in [5.41, 5.74) is 9.08. The van der Waals surface area contributed by atoms with Crippen molar-refractivity contribution < 1.29 is 0 Å². The maximum atomic E-state index is 4.74. The molecule has 0 bridgehead atoms. The average Bonchev–Trinajstić information content (AvgIpc) is 3.56. The minimum absolute atomic E-state index is 0.471. The SMILES string of the molecule is Cc1cc(-c2cc3c(-c4cnn(C5CCN(C)CC5)c4)c[nH]c3nn2)cc(C)c1N1CCC(N(C)C)CC1. The number of hydrogen-bond donors (Lipinski definition) is 1. The Hall–Kier alpha value is -3.23. The van der Waals surface area contributed by atoms with Crippen LogP contribution in [0.25, 0.3) is 33.4 Å². The van der Waals surface area contributed by atoms with Crippen molar-refractivity contribution in [3.05, 3.63) is 47.9 Å². The van der Waals surface area contributed by atoms with E-state index in [1.807, 2.05) is 12.4 Å². The van der Waals surface area contributed by atoms with Gasteiger partial charge in [-0.1, -0.05) is 0 Å². The maximum absolute atomic E-state index is 4.74. The summed E-state index contributed by atoms with van der Waals surface area (Å²) >= 11 is 0. The standard InChI is InChI=1S/C30H40N8/c1-20-14-22(15-21(2)29(20)37-12-8-24(9-13-37)35(3)4)28-16-26-27(18-31-30(26)34-33-28)23-17-32-38(19-23)25-6-10-36(5)11-7-25/h14-19,24-25H,6-13H2,1-5H3,(H,31,34). The van der Waals surface area contributed by atoms with E-state index in [0.29, 0.717) is 12.1 Å². The van der Waals surface area contributed by atoms with Crippen molar-refractivity contribution in [2.45, 2.75) is 51.6 Å². The van der Waals surface area contributed by atoms with Crippen molar-refractivity contribution in [1.29, 1.82) is 0 Å². The number of aromatic nitrogens is 5. The Morgan fingerprint density at radius 1 is 0.895 bits per heavy atom. The Morgan fingerprint density at radius 2 is 1.61 bits per heavy atom. The molecule has 8 nitrogen and oxygen atoms in total. The van der Waals surface area contributed by atoms with E-state index >= 15 is 0 Å². The number of nitrogens with one attached hydrogen (secondary N) is 1. The number of anilines is 1. The molecule has 0 atom stereocenters. The van der Waals surface area contributed by atoms with Crippen LogP contribution in [0.2, 0.25) is 0 Å². The van der Waals surface area contributed by atoms with E-state index in [1.54, 1.807) is 0 Å². The number of nitrogens with zero attached hydrogens (tertiary/aromatic N) is 7. The summed E-state index contributed by atoms with van der Waals surface area (Å²) < 4.78 is 2.16. The molecule has 0 spiro atoms. The summed E-state index contributed by atoms with van der Waals surface area (Å²) in [7, 11) is 6.59. The van der Waals surface area contributed by atoms with Gasteiger partial charge in [0.1, 0.15) is 0 Å². The van der Waals surface area contributed by atoms with E-state index in [9.17, 15) is 0 Å². The van der Waals surface area contributed by atoms with E-state index in [1.165, 1.54) is 29.7 Å². The zero-order valence-corrected chi connectivity index (χ0v) is 23.4. The molecule has 1 N–H and O–H groups in total. The molecule has 2 fully saturated rings. The van der Waals surface area contributed by atoms with Gasteiger partial charge in [0.25, 0.3) is 0 Å². The molecule has 8 heteroatoms. The summed E-state index contributed by atoms with van der Waals surface area (Å²) in [6.07, 6.45) is 10.9.